The fourth-order valence-electron chi connectivity index (χ4n) is 3.20. The summed E-state index contributed by atoms with van der Waals surface area (Å²) >= 11 is 0. The summed E-state index contributed by atoms with van der Waals surface area (Å²) < 4.78 is 0. The fourth-order valence-corrected chi connectivity index (χ4v) is 3.20. The molecule has 116 valence electrons. The van der Waals surface area contributed by atoms with Gasteiger partial charge in [0, 0.05) is 12.6 Å². The van der Waals surface area contributed by atoms with Gasteiger partial charge in [0.15, 0.2) is 12.4 Å². The van der Waals surface area contributed by atoms with Gasteiger partial charge in [-0.1, -0.05) is 60.7 Å². The van der Waals surface area contributed by atoms with Crippen LogP contribution in [0, 0.1) is 0 Å². The zero-order valence-corrected chi connectivity index (χ0v) is 14.4. The van der Waals surface area contributed by atoms with E-state index in [-0.39, 0.29) is 17.0 Å². The zero-order chi connectivity index (χ0) is 14.8. The van der Waals surface area contributed by atoms with Gasteiger partial charge in [0.1, 0.15) is 11.4 Å². The first kappa shape index (κ1) is 15.8. The molecule has 0 bridgehead atoms. The van der Waals surface area contributed by atoms with Gasteiger partial charge in [0.05, 0.1) is 0 Å². The molecule has 23 heavy (non-hydrogen) atoms. The maximum Gasteiger partial charge on any atom is 0.162 e. The predicted octanol–water partition coefficient (Wildman–Crippen LogP) is 0.516. The minimum atomic E-state index is 0. The van der Waals surface area contributed by atoms with E-state index in [1.807, 2.05) is 0 Å². The van der Waals surface area contributed by atoms with Crippen LogP contribution in [0.3, 0.4) is 0 Å². The van der Waals surface area contributed by atoms with E-state index in [1.165, 1.54) is 27.5 Å². The van der Waals surface area contributed by atoms with E-state index in [2.05, 4.69) is 89.8 Å². The van der Waals surface area contributed by atoms with E-state index in [0.717, 1.165) is 13.2 Å². The van der Waals surface area contributed by atoms with Crippen molar-refractivity contribution in [2.24, 2.45) is 0 Å². The first-order valence-electron chi connectivity index (χ1n) is 7.71. The minimum absolute atomic E-state index is 0. The summed E-state index contributed by atoms with van der Waals surface area (Å²) in [5, 5.41) is 0. The highest BCUT2D eigenvalue weighted by Gasteiger charge is 2.31. The number of halogens is 1. The van der Waals surface area contributed by atoms with Crippen molar-refractivity contribution in [3.8, 4) is 0 Å². The van der Waals surface area contributed by atoms with E-state index < -0.39 is 0 Å². The van der Waals surface area contributed by atoms with Gasteiger partial charge >= 0.3 is 0 Å². The van der Waals surface area contributed by atoms with Gasteiger partial charge in [-0.2, -0.15) is 0 Å². The quantitative estimate of drug-likeness (QED) is 0.709. The minimum Gasteiger partial charge on any atom is -1.00 e. The molecule has 2 nitrogen and oxygen atoms in total. The Balaban J connectivity index is 0.00000156. The van der Waals surface area contributed by atoms with E-state index in [9.17, 15) is 0 Å². The lowest BCUT2D eigenvalue weighted by atomic mass is 10.2. The second-order valence-electron chi connectivity index (χ2n) is 5.70. The molecule has 0 amide bonds. The molecular formula is C20H19BrN2. The van der Waals surface area contributed by atoms with Crippen molar-refractivity contribution in [2.75, 3.05) is 11.6 Å². The van der Waals surface area contributed by atoms with Crippen molar-refractivity contribution in [1.82, 2.24) is 0 Å². The Kier molecular flexibility index (Phi) is 4.79. The number of nitrogens with zero attached hydrogens (tertiary/aromatic N) is 1. The smallest absolute Gasteiger partial charge is 0.162 e. The van der Waals surface area contributed by atoms with Crippen molar-refractivity contribution < 1.29 is 21.9 Å². The monoisotopic (exact) mass is 366 g/mol. The summed E-state index contributed by atoms with van der Waals surface area (Å²) in [5.74, 6) is 0. The number of nitrogens with one attached hydrogen (secondary N) is 1. The molecule has 3 aromatic rings. The Morgan fingerprint density at radius 2 is 1.35 bits per heavy atom. The number of hydrogen-bond acceptors (Lipinski definition) is 1. The highest BCUT2D eigenvalue weighted by atomic mass is 79.9. The standard InChI is InChI=1S/C20H18N2.BrH/c1-3-9-17(10-4-1)15-21-16-22(18-11-5-2-6-12-18)20-14-8-7-13-19(20)21;/h1-14H,15-16H2;1H. The Morgan fingerprint density at radius 1 is 0.739 bits per heavy atom. The first-order chi connectivity index (χ1) is 10.9. The van der Waals surface area contributed by atoms with Crippen LogP contribution in [-0.4, -0.2) is 6.67 Å². The van der Waals surface area contributed by atoms with Gasteiger partial charge in [-0.25, -0.2) is 0 Å². The molecule has 4 rings (SSSR count). The molecule has 3 aromatic carbocycles. The van der Waals surface area contributed by atoms with Crippen LogP contribution in [0.1, 0.15) is 5.56 Å². The number of quaternary nitrogens is 1. The third kappa shape index (κ3) is 3.16. The van der Waals surface area contributed by atoms with Gasteiger partial charge in [0.25, 0.3) is 0 Å². The summed E-state index contributed by atoms with van der Waals surface area (Å²) in [6, 6.07) is 30.1. The number of hydrogen-bond donors (Lipinski definition) is 1. The van der Waals surface area contributed by atoms with Crippen LogP contribution < -0.4 is 26.8 Å². The Hall–Kier alpha value is -2.10. The van der Waals surface area contributed by atoms with E-state index in [4.69, 9.17) is 0 Å². The molecule has 0 aliphatic carbocycles. The van der Waals surface area contributed by atoms with Crippen molar-refractivity contribution in [1.29, 1.82) is 0 Å². The van der Waals surface area contributed by atoms with E-state index in [0.29, 0.717) is 0 Å². The molecule has 1 N–H and O–H groups in total. The molecule has 1 unspecified atom stereocenters. The zero-order valence-electron chi connectivity index (χ0n) is 12.8. The van der Waals surface area contributed by atoms with Gasteiger partial charge in [0.2, 0.25) is 0 Å². The molecule has 3 heteroatoms. The topological polar surface area (TPSA) is 7.68 Å². The van der Waals surface area contributed by atoms with Gasteiger partial charge in [-0.05, 0) is 23.8 Å². The SMILES string of the molecule is [Br-].c1ccc(CN2C[NH+](c3ccccc3)c3ccccc32)cc1. The van der Waals surface area contributed by atoms with Gasteiger partial charge < -0.3 is 21.9 Å². The van der Waals surface area contributed by atoms with Crippen LogP contribution >= 0.6 is 0 Å². The molecule has 1 heterocycles. The first-order valence-corrected chi connectivity index (χ1v) is 7.71. The molecule has 1 aliphatic rings. The summed E-state index contributed by atoms with van der Waals surface area (Å²) in [4.78, 5) is 3.89. The number of rotatable bonds is 3. The van der Waals surface area contributed by atoms with Crippen LogP contribution in [0.25, 0.3) is 0 Å². The third-order valence-electron chi connectivity index (χ3n) is 4.26. The Labute approximate surface area is 147 Å². The highest BCUT2D eigenvalue weighted by Crippen LogP contribution is 2.29. The Bertz CT molecular complexity index is 759. The van der Waals surface area contributed by atoms with Crippen LogP contribution in [0.5, 0.6) is 0 Å². The van der Waals surface area contributed by atoms with Gasteiger partial charge in [-0.15, -0.1) is 0 Å². The lowest BCUT2D eigenvalue weighted by molar-refractivity contribution is -0.752. The second kappa shape index (κ2) is 6.99. The lowest BCUT2D eigenvalue weighted by Gasteiger charge is -2.17. The van der Waals surface area contributed by atoms with E-state index in [1.54, 1.807) is 0 Å². The summed E-state index contributed by atoms with van der Waals surface area (Å²) in [7, 11) is 0. The molecule has 0 aromatic heterocycles. The highest BCUT2D eigenvalue weighted by molar-refractivity contribution is 5.66. The molecule has 0 fully saturated rings. The fraction of sp³-hybridized carbons (Fsp3) is 0.100. The molecule has 1 atom stereocenters. The maximum atomic E-state index is 2.47. The molecule has 0 saturated carbocycles. The largest absolute Gasteiger partial charge is 1.00 e. The van der Waals surface area contributed by atoms with Crippen LogP contribution in [0.15, 0.2) is 84.9 Å². The van der Waals surface area contributed by atoms with Crippen molar-refractivity contribution >= 4 is 17.1 Å². The average molecular weight is 367 g/mol. The molecule has 0 spiro atoms. The normalized spacial score (nSPS) is 15.8. The van der Waals surface area contributed by atoms with Crippen molar-refractivity contribution in [2.45, 2.75) is 6.54 Å². The molecular weight excluding hydrogens is 348 g/mol. The summed E-state index contributed by atoms with van der Waals surface area (Å²) in [6.45, 7) is 1.92. The van der Waals surface area contributed by atoms with Crippen LogP contribution in [-0.2, 0) is 6.54 Å². The second-order valence-corrected chi connectivity index (χ2v) is 5.70. The lowest BCUT2D eigenvalue weighted by Crippen LogP contribution is -3.01. The molecule has 1 aliphatic heterocycles. The molecule has 0 radical (unpaired) electrons. The van der Waals surface area contributed by atoms with Crippen LogP contribution in [0.2, 0.25) is 0 Å². The third-order valence-corrected chi connectivity index (χ3v) is 4.26. The number of anilines is 1. The van der Waals surface area contributed by atoms with Crippen molar-refractivity contribution in [3.05, 3.63) is 90.5 Å². The average Bonchev–Trinajstić information content (AvgIpc) is 2.96. The summed E-state index contributed by atoms with van der Waals surface area (Å²) in [5.41, 5.74) is 5.38. The predicted molar refractivity (Wildman–Crippen MR) is 90.7 cm³/mol. The number of benzene rings is 3. The number of fused-ring (bicyclic) bond motifs is 1. The molecule has 0 saturated heterocycles. The number of para-hydroxylation sites is 3. The van der Waals surface area contributed by atoms with E-state index >= 15 is 0 Å². The van der Waals surface area contributed by atoms with Crippen LogP contribution in [0.4, 0.5) is 17.1 Å². The van der Waals surface area contributed by atoms with Gasteiger partial charge in [-0.3, -0.25) is 4.90 Å². The summed E-state index contributed by atoms with van der Waals surface area (Å²) in [6.07, 6.45) is 0. The Morgan fingerprint density at radius 3 is 2.09 bits per heavy atom. The maximum absolute atomic E-state index is 2.47. The van der Waals surface area contributed by atoms with Crippen molar-refractivity contribution in [3.63, 3.8) is 0 Å².